The number of halogens is 3. The SMILES string of the molecule is COC(=O)C(C)OCc1cc(-n2nc3c(c2Cl)CCCC3)c(F)cc1Cl. The average molecular weight is 401 g/mol. The van der Waals surface area contributed by atoms with Crippen LogP contribution in [0.4, 0.5) is 4.39 Å². The summed E-state index contributed by atoms with van der Waals surface area (Å²) in [4.78, 5) is 11.4. The van der Waals surface area contributed by atoms with Crippen LogP contribution in [-0.4, -0.2) is 29.0 Å². The van der Waals surface area contributed by atoms with Crippen molar-refractivity contribution in [2.45, 2.75) is 45.3 Å². The summed E-state index contributed by atoms with van der Waals surface area (Å²) in [7, 11) is 1.28. The molecule has 2 aromatic rings. The number of carbonyl (C=O) groups excluding carboxylic acids is 1. The average Bonchev–Trinajstić information content (AvgIpc) is 2.97. The van der Waals surface area contributed by atoms with E-state index in [-0.39, 0.29) is 17.3 Å². The van der Waals surface area contributed by atoms with Crippen LogP contribution in [0.3, 0.4) is 0 Å². The highest BCUT2D eigenvalue weighted by atomic mass is 35.5. The maximum Gasteiger partial charge on any atom is 0.334 e. The van der Waals surface area contributed by atoms with Crippen molar-refractivity contribution in [1.82, 2.24) is 9.78 Å². The van der Waals surface area contributed by atoms with Gasteiger partial charge in [0.25, 0.3) is 0 Å². The first kappa shape index (κ1) is 19.1. The number of aryl methyl sites for hydroxylation is 1. The lowest BCUT2D eigenvalue weighted by Gasteiger charge is -2.13. The Kier molecular flexibility index (Phi) is 5.85. The van der Waals surface area contributed by atoms with Gasteiger partial charge in [-0.15, -0.1) is 0 Å². The fourth-order valence-electron chi connectivity index (χ4n) is 2.98. The molecule has 1 heterocycles. The number of ether oxygens (including phenoxy) is 2. The quantitative estimate of drug-likeness (QED) is 0.702. The Morgan fingerprint density at radius 2 is 2.08 bits per heavy atom. The van der Waals surface area contributed by atoms with Crippen molar-refractivity contribution in [2.24, 2.45) is 0 Å². The topological polar surface area (TPSA) is 53.4 Å². The number of fused-ring (bicyclic) bond motifs is 1. The number of methoxy groups -OCH3 is 1. The molecule has 3 rings (SSSR count). The van der Waals surface area contributed by atoms with Gasteiger partial charge in [-0.1, -0.05) is 23.2 Å². The Bertz CT molecular complexity index is 838. The standard InChI is InChI=1S/C18H19Cl2FN2O3/c1-10(18(24)25-2)26-9-11-7-16(14(21)8-13(11)19)23-17(20)12-5-3-4-6-15(12)22-23/h7-8,10H,3-6,9H2,1-2H3. The molecule has 5 nitrogen and oxygen atoms in total. The van der Waals surface area contributed by atoms with Gasteiger partial charge in [-0.3, -0.25) is 0 Å². The second kappa shape index (κ2) is 7.94. The number of aromatic nitrogens is 2. The lowest BCUT2D eigenvalue weighted by molar-refractivity contribution is -0.153. The minimum atomic E-state index is -0.759. The second-order valence-electron chi connectivity index (χ2n) is 6.21. The third-order valence-corrected chi connectivity index (χ3v) is 5.20. The van der Waals surface area contributed by atoms with E-state index in [1.54, 1.807) is 13.0 Å². The van der Waals surface area contributed by atoms with Gasteiger partial charge in [0.15, 0.2) is 6.10 Å². The highest BCUT2D eigenvalue weighted by Gasteiger charge is 2.23. The van der Waals surface area contributed by atoms with Crippen molar-refractivity contribution in [1.29, 1.82) is 0 Å². The molecule has 8 heteroatoms. The summed E-state index contributed by atoms with van der Waals surface area (Å²) in [6.07, 6.45) is 3.02. The molecule has 0 fully saturated rings. The van der Waals surface area contributed by atoms with Crippen molar-refractivity contribution < 1.29 is 18.7 Å². The zero-order chi connectivity index (χ0) is 18.8. The van der Waals surface area contributed by atoms with E-state index in [4.69, 9.17) is 27.9 Å². The van der Waals surface area contributed by atoms with E-state index in [1.165, 1.54) is 17.9 Å². The predicted octanol–water partition coefficient (Wildman–Crippen LogP) is 4.28. The molecule has 1 aliphatic rings. The summed E-state index contributed by atoms with van der Waals surface area (Å²) in [6, 6.07) is 2.75. The van der Waals surface area contributed by atoms with Crippen LogP contribution >= 0.6 is 23.2 Å². The van der Waals surface area contributed by atoms with Crippen LogP contribution in [-0.2, 0) is 33.7 Å². The van der Waals surface area contributed by atoms with E-state index in [9.17, 15) is 9.18 Å². The fourth-order valence-corrected chi connectivity index (χ4v) is 3.51. The van der Waals surface area contributed by atoms with Gasteiger partial charge in [0.05, 0.1) is 19.4 Å². The maximum absolute atomic E-state index is 14.5. The molecule has 0 spiro atoms. The number of benzene rings is 1. The molecule has 0 N–H and O–H groups in total. The third-order valence-electron chi connectivity index (χ3n) is 4.46. The first-order valence-electron chi connectivity index (χ1n) is 8.36. The molecule has 0 saturated carbocycles. The normalized spacial score (nSPS) is 14.8. The number of carbonyl (C=O) groups is 1. The third kappa shape index (κ3) is 3.72. The molecule has 1 aromatic heterocycles. The minimum absolute atomic E-state index is 0.0288. The molecule has 1 atom stereocenters. The van der Waals surface area contributed by atoms with Crippen molar-refractivity contribution in [2.75, 3.05) is 7.11 Å². The van der Waals surface area contributed by atoms with E-state index in [0.717, 1.165) is 36.9 Å². The lowest BCUT2D eigenvalue weighted by Crippen LogP contribution is -2.22. The van der Waals surface area contributed by atoms with Crippen molar-refractivity contribution in [3.05, 3.63) is 44.9 Å². The number of hydrogen-bond donors (Lipinski definition) is 0. The number of esters is 1. The van der Waals surface area contributed by atoms with Crippen LogP contribution in [0.15, 0.2) is 12.1 Å². The molecule has 0 saturated heterocycles. The second-order valence-corrected chi connectivity index (χ2v) is 6.97. The molecule has 1 unspecified atom stereocenters. The van der Waals surface area contributed by atoms with Gasteiger partial charge in [-0.2, -0.15) is 5.10 Å². The first-order chi connectivity index (χ1) is 12.4. The summed E-state index contributed by atoms with van der Waals surface area (Å²) in [5.41, 5.74) is 2.62. The molecule has 0 bridgehead atoms. The van der Waals surface area contributed by atoms with Crippen molar-refractivity contribution in [3.63, 3.8) is 0 Å². The Morgan fingerprint density at radius 3 is 2.77 bits per heavy atom. The van der Waals surface area contributed by atoms with Gasteiger partial charge in [-0.25, -0.2) is 13.9 Å². The van der Waals surface area contributed by atoms with Crippen LogP contribution in [0.1, 0.15) is 36.6 Å². The molecule has 140 valence electrons. The van der Waals surface area contributed by atoms with Gasteiger partial charge in [-0.05, 0) is 50.3 Å². The smallest absolute Gasteiger partial charge is 0.334 e. The Hall–Kier alpha value is -1.63. The highest BCUT2D eigenvalue weighted by Crippen LogP contribution is 2.32. The van der Waals surface area contributed by atoms with E-state index in [0.29, 0.717) is 10.7 Å². The van der Waals surface area contributed by atoms with E-state index in [2.05, 4.69) is 9.84 Å². The highest BCUT2D eigenvalue weighted by molar-refractivity contribution is 6.31. The number of nitrogens with zero attached hydrogens (tertiary/aromatic N) is 2. The van der Waals surface area contributed by atoms with Gasteiger partial charge in [0.2, 0.25) is 0 Å². The summed E-state index contributed by atoms with van der Waals surface area (Å²) < 4.78 is 26.0. The van der Waals surface area contributed by atoms with E-state index < -0.39 is 17.9 Å². The van der Waals surface area contributed by atoms with Gasteiger partial charge in [0.1, 0.15) is 16.7 Å². The fraction of sp³-hybridized carbons (Fsp3) is 0.444. The molecule has 1 aromatic carbocycles. The Balaban J connectivity index is 1.91. The summed E-state index contributed by atoms with van der Waals surface area (Å²) >= 11 is 12.6. The zero-order valence-corrected chi connectivity index (χ0v) is 16.0. The van der Waals surface area contributed by atoms with Crippen LogP contribution in [0.25, 0.3) is 5.69 Å². The van der Waals surface area contributed by atoms with Crippen molar-refractivity contribution >= 4 is 29.2 Å². The molecule has 0 aliphatic heterocycles. The molecule has 1 aliphatic carbocycles. The minimum Gasteiger partial charge on any atom is -0.467 e. The maximum atomic E-state index is 14.5. The van der Waals surface area contributed by atoms with E-state index >= 15 is 0 Å². The molecule has 26 heavy (non-hydrogen) atoms. The zero-order valence-electron chi connectivity index (χ0n) is 14.5. The van der Waals surface area contributed by atoms with Gasteiger partial charge in [0, 0.05) is 10.6 Å². The monoisotopic (exact) mass is 400 g/mol. The van der Waals surface area contributed by atoms with Gasteiger partial charge < -0.3 is 9.47 Å². The summed E-state index contributed by atoms with van der Waals surface area (Å²) in [5.74, 6) is -1.02. The van der Waals surface area contributed by atoms with Crippen LogP contribution in [0.5, 0.6) is 0 Å². The molecule has 0 radical (unpaired) electrons. The molecular weight excluding hydrogens is 382 g/mol. The number of hydrogen-bond acceptors (Lipinski definition) is 4. The van der Waals surface area contributed by atoms with Crippen LogP contribution in [0.2, 0.25) is 10.2 Å². The van der Waals surface area contributed by atoms with Crippen molar-refractivity contribution in [3.8, 4) is 5.69 Å². The predicted molar refractivity (Wildman–Crippen MR) is 96.5 cm³/mol. The molecule has 0 amide bonds. The van der Waals surface area contributed by atoms with Crippen LogP contribution in [0, 0.1) is 5.82 Å². The Morgan fingerprint density at radius 1 is 1.35 bits per heavy atom. The largest absolute Gasteiger partial charge is 0.467 e. The Labute approximate surface area is 161 Å². The van der Waals surface area contributed by atoms with Gasteiger partial charge >= 0.3 is 5.97 Å². The first-order valence-corrected chi connectivity index (χ1v) is 9.12. The molecular formula is C18H19Cl2FN2O3. The summed E-state index contributed by atoms with van der Waals surface area (Å²) in [5, 5.41) is 5.11. The summed E-state index contributed by atoms with van der Waals surface area (Å²) in [6.45, 7) is 1.60. The lowest BCUT2D eigenvalue weighted by atomic mass is 9.99. The van der Waals surface area contributed by atoms with E-state index in [1.807, 2.05) is 0 Å². The van der Waals surface area contributed by atoms with Crippen LogP contribution < -0.4 is 0 Å². The number of rotatable bonds is 5.